The molecule has 0 unspecified atom stereocenters. The van der Waals surface area contributed by atoms with Crippen LogP contribution in [0.3, 0.4) is 0 Å². The van der Waals surface area contributed by atoms with Crippen LogP contribution < -0.4 is 5.32 Å². The lowest BCUT2D eigenvalue weighted by atomic mass is 10.3. The highest BCUT2D eigenvalue weighted by Crippen LogP contribution is 2.19. The van der Waals surface area contributed by atoms with Gasteiger partial charge in [-0.25, -0.2) is 15.0 Å². The Labute approximate surface area is 115 Å². The number of aromatic nitrogens is 3. The molecule has 2 aromatic heterocycles. The largest absolute Gasteiger partial charge is 0.369 e. The Bertz CT molecular complexity index is 553. The van der Waals surface area contributed by atoms with Gasteiger partial charge < -0.3 is 5.32 Å². The van der Waals surface area contributed by atoms with Crippen molar-refractivity contribution < 1.29 is 0 Å². The van der Waals surface area contributed by atoms with E-state index in [1.165, 1.54) is 0 Å². The average Bonchev–Trinajstić information content (AvgIpc) is 2.71. The fraction of sp³-hybridized carbons (Fsp3) is 0.417. The molecule has 0 saturated carbocycles. The second-order valence-electron chi connectivity index (χ2n) is 4.07. The first kappa shape index (κ1) is 13.2. The molecule has 18 heavy (non-hydrogen) atoms. The van der Waals surface area contributed by atoms with Crippen LogP contribution in [0, 0.1) is 20.8 Å². The van der Waals surface area contributed by atoms with Crippen molar-refractivity contribution in [2.75, 3.05) is 11.9 Å². The van der Waals surface area contributed by atoms with E-state index < -0.39 is 0 Å². The number of anilines is 1. The Morgan fingerprint density at radius 1 is 1.22 bits per heavy atom. The van der Waals surface area contributed by atoms with Gasteiger partial charge in [0.2, 0.25) is 0 Å². The lowest BCUT2D eigenvalue weighted by Gasteiger charge is -2.09. The smallest absolute Gasteiger partial charge is 0.137 e. The second kappa shape index (κ2) is 5.63. The third-order valence-electron chi connectivity index (χ3n) is 2.54. The number of hydrogen-bond acceptors (Lipinski definition) is 5. The van der Waals surface area contributed by atoms with Crippen LogP contribution in [-0.2, 0) is 6.42 Å². The number of halogens is 1. The first-order chi connectivity index (χ1) is 8.56. The predicted octanol–water partition coefficient (Wildman–Crippen LogP) is 3.17. The van der Waals surface area contributed by atoms with Crippen LogP contribution in [-0.4, -0.2) is 21.5 Å². The molecule has 2 heterocycles. The lowest BCUT2D eigenvalue weighted by molar-refractivity contribution is 0.942. The number of nitrogens with one attached hydrogen (secondary N) is 1. The van der Waals surface area contributed by atoms with E-state index in [-0.39, 0.29) is 0 Å². The van der Waals surface area contributed by atoms with Crippen LogP contribution in [0.4, 0.5) is 5.82 Å². The Kier molecular flexibility index (Phi) is 4.14. The van der Waals surface area contributed by atoms with Gasteiger partial charge in [0.15, 0.2) is 0 Å². The minimum Gasteiger partial charge on any atom is -0.369 e. The molecule has 0 spiro atoms. The number of thiazole rings is 1. The quantitative estimate of drug-likeness (QED) is 0.875. The van der Waals surface area contributed by atoms with Gasteiger partial charge in [0.25, 0.3) is 0 Å². The van der Waals surface area contributed by atoms with Gasteiger partial charge in [-0.15, -0.1) is 11.3 Å². The molecule has 4 nitrogen and oxygen atoms in total. The first-order valence-corrected chi connectivity index (χ1v) is 6.97. The summed E-state index contributed by atoms with van der Waals surface area (Å²) >= 11 is 7.69. The maximum absolute atomic E-state index is 6.02. The number of nitrogens with zero attached hydrogens (tertiary/aromatic N) is 3. The SMILES string of the molecule is Cc1nc(Cl)c(C)c(NCCc2csc(C)n2)n1. The highest BCUT2D eigenvalue weighted by molar-refractivity contribution is 7.09. The van der Waals surface area contributed by atoms with E-state index in [9.17, 15) is 0 Å². The number of hydrogen-bond donors (Lipinski definition) is 1. The van der Waals surface area contributed by atoms with Crippen molar-refractivity contribution in [1.82, 2.24) is 15.0 Å². The van der Waals surface area contributed by atoms with Crippen molar-refractivity contribution in [2.45, 2.75) is 27.2 Å². The molecule has 0 aliphatic heterocycles. The predicted molar refractivity (Wildman–Crippen MR) is 75.6 cm³/mol. The molecule has 0 aliphatic rings. The van der Waals surface area contributed by atoms with Crippen LogP contribution in [0.2, 0.25) is 5.15 Å². The van der Waals surface area contributed by atoms with Crippen LogP contribution in [0.15, 0.2) is 5.38 Å². The molecular formula is C12H15ClN4S. The molecule has 2 aromatic rings. The van der Waals surface area contributed by atoms with Gasteiger partial charge in [-0.3, -0.25) is 0 Å². The van der Waals surface area contributed by atoms with Gasteiger partial charge in [-0.2, -0.15) is 0 Å². The Morgan fingerprint density at radius 3 is 2.67 bits per heavy atom. The van der Waals surface area contributed by atoms with E-state index in [1.807, 2.05) is 20.8 Å². The molecule has 0 aliphatic carbocycles. The summed E-state index contributed by atoms with van der Waals surface area (Å²) in [6.45, 7) is 6.55. The van der Waals surface area contributed by atoms with Gasteiger partial charge in [0, 0.05) is 23.9 Å². The molecule has 0 amide bonds. The molecule has 0 bridgehead atoms. The Morgan fingerprint density at radius 2 is 2.00 bits per heavy atom. The van der Waals surface area contributed by atoms with E-state index in [0.29, 0.717) is 11.0 Å². The topological polar surface area (TPSA) is 50.7 Å². The van der Waals surface area contributed by atoms with Gasteiger partial charge in [0.1, 0.15) is 16.8 Å². The van der Waals surface area contributed by atoms with Gasteiger partial charge in [-0.1, -0.05) is 11.6 Å². The van der Waals surface area contributed by atoms with Crippen LogP contribution in [0.25, 0.3) is 0 Å². The minimum atomic E-state index is 0.509. The molecule has 0 fully saturated rings. The molecule has 2 rings (SSSR count). The molecule has 0 aromatic carbocycles. The van der Waals surface area contributed by atoms with Crippen LogP contribution >= 0.6 is 22.9 Å². The van der Waals surface area contributed by atoms with Crippen molar-refractivity contribution in [3.05, 3.63) is 32.6 Å². The average molecular weight is 283 g/mol. The van der Waals surface area contributed by atoms with Crippen molar-refractivity contribution >= 4 is 28.8 Å². The lowest BCUT2D eigenvalue weighted by Crippen LogP contribution is -2.09. The monoisotopic (exact) mass is 282 g/mol. The molecule has 96 valence electrons. The van der Waals surface area contributed by atoms with Gasteiger partial charge in [-0.05, 0) is 20.8 Å². The summed E-state index contributed by atoms with van der Waals surface area (Å²) < 4.78 is 0. The van der Waals surface area contributed by atoms with E-state index in [0.717, 1.165) is 35.0 Å². The summed E-state index contributed by atoms with van der Waals surface area (Å²) in [6, 6.07) is 0. The van der Waals surface area contributed by atoms with E-state index >= 15 is 0 Å². The minimum absolute atomic E-state index is 0.509. The summed E-state index contributed by atoms with van der Waals surface area (Å²) in [7, 11) is 0. The number of aryl methyl sites for hydroxylation is 2. The summed E-state index contributed by atoms with van der Waals surface area (Å²) in [5.74, 6) is 1.48. The van der Waals surface area contributed by atoms with Crippen molar-refractivity contribution in [3.8, 4) is 0 Å². The molecule has 0 atom stereocenters. The van der Waals surface area contributed by atoms with Crippen LogP contribution in [0.1, 0.15) is 22.1 Å². The second-order valence-corrected chi connectivity index (χ2v) is 5.49. The third-order valence-corrected chi connectivity index (χ3v) is 3.73. The maximum atomic E-state index is 6.02. The van der Waals surface area contributed by atoms with E-state index in [1.54, 1.807) is 11.3 Å². The van der Waals surface area contributed by atoms with Crippen molar-refractivity contribution in [1.29, 1.82) is 0 Å². The van der Waals surface area contributed by atoms with Gasteiger partial charge >= 0.3 is 0 Å². The Hall–Kier alpha value is -1.20. The third kappa shape index (κ3) is 3.17. The normalized spacial score (nSPS) is 10.7. The van der Waals surface area contributed by atoms with E-state index in [4.69, 9.17) is 11.6 Å². The standard InChI is InChI=1S/C12H15ClN4S/c1-7-11(13)15-8(2)16-12(7)14-5-4-10-6-18-9(3)17-10/h6H,4-5H2,1-3H3,(H,14,15,16). The summed E-state index contributed by atoms with van der Waals surface area (Å²) in [4.78, 5) is 12.9. The Balaban J connectivity index is 1.98. The first-order valence-electron chi connectivity index (χ1n) is 5.72. The van der Waals surface area contributed by atoms with Gasteiger partial charge in [0.05, 0.1) is 10.7 Å². The zero-order valence-corrected chi connectivity index (χ0v) is 12.2. The fourth-order valence-corrected chi connectivity index (χ4v) is 2.46. The fourth-order valence-electron chi connectivity index (χ4n) is 1.60. The summed E-state index contributed by atoms with van der Waals surface area (Å²) in [5.41, 5.74) is 2.00. The number of rotatable bonds is 4. The summed E-state index contributed by atoms with van der Waals surface area (Å²) in [6.07, 6.45) is 0.879. The highest BCUT2D eigenvalue weighted by Gasteiger charge is 2.07. The van der Waals surface area contributed by atoms with E-state index in [2.05, 4.69) is 25.6 Å². The maximum Gasteiger partial charge on any atom is 0.137 e. The molecule has 1 N–H and O–H groups in total. The van der Waals surface area contributed by atoms with Crippen molar-refractivity contribution in [2.24, 2.45) is 0 Å². The van der Waals surface area contributed by atoms with Crippen molar-refractivity contribution in [3.63, 3.8) is 0 Å². The molecule has 6 heteroatoms. The summed E-state index contributed by atoms with van der Waals surface area (Å²) in [5, 5.41) is 6.97. The highest BCUT2D eigenvalue weighted by atomic mass is 35.5. The van der Waals surface area contributed by atoms with Crippen LogP contribution in [0.5, 0.6) is 0 Å². The zero-order valence-electron chi connectivity index (χ0n) is 10.6. The zero-order chi connectivity index (χ0) is 13.1. The molecule has 0 saturated heterocycles. The molecular weight excluding hydrogens is 268 g/mol. The molecule has 0 radical (unpaired) electrons.